The van der Waals surface area contributed by atoms with Gasteiger partial charge in [-0.25, -0.2) is 8.78 Å². The second kappa shape index (κ2) is 8.48. The minimum absolute atomic E-state index is 0.109. The van der Waals surface area contributed by atoms with Gasteiger partial charge in [0, 0.05) is 6.42 Å². The molecule has 2 rings (SSSR count). The van der Waals surface area contributed by atoms with Crippen LogP contribution in [0.25, 0.3) is 0 Å². The molecule has 0 heterocycles. The van der Waals surface area contributed by atoms with Crippen molar-refractivity contribution >= 4 is 0 Å². The number of halogens is 2. The van der Waals surface area contributed by atoms with Crippen LogP contribution in [-0.4, -0.2) is 12.3 Å². The molecule has 124 valence electrons. The normalized spacial score (nSPS) is 37.1. The second-order valence-corrected chi connectivity index (χ2v) is 7.78. The number of hydrogen-bond donors (Lipinski definition) is 0. The maximum Gasteiger partial charge on any atom is 0.106 e. The molecule has 0 radical (unpaired) electrons. The highest BCUT2D eigenvalue weighted by molar-refractivity contribution is 4.84. The van der Waals surface area contributed by atoms with Crippen molar-refractivity contribution in [1.82, 2.24) is 0 Å². The van der Waals surface area contributed by atoms with Gasteiger partial charge in [0.15, 0.2) is 0 Å². The summed E-state index contributed by atoms with van der Waals surface area (Å²) in [5, 5.41) is 0. The molecule has 0 N–H and O–H groups in total. The van der Waals surface area contributed by atoms with Gasteiger partial charge in [0.05, 0.1) is 0 Å². The Morgan fingerprint density at radius 3 is 1.86 bits per heavy atom. The predicted octanol–water partition coefficient (Wildman–Crippen LogP) is 6.49. The quantitative estimate of drug-likeness (QED) is 0.526. The molecule has 0 bridgehead atoms. The fourth-order valence-corrected chi connectivity index (χ4v) is 4.84. The topological polar surface area (TPSA) is 0 Å². The molecule has 2 aliphatic carbocycles. The highest BCUT2D eigenvalue weighted by atomic mass is 19.1. The van der Waals surface area contributed by atoms with Crippen LogP contribution in [0.3, 0.4) is 0 Å². The standard InChI is InChI=1S/C19H34F2/c1-3-4-15-5-7-16(8-6-15)17-9-11-18(12-10-17)19(21)13-14(2)20/h14-19H,3-13H2,1-2H3. The summed E-state index contributed by atoms with van der Waals surface area (Å²) in [6.07, 6.45) is 10.9. The molecule has 2 saturated carbocycles. The van der Waals surface area contributed by atoms with Crippen LogP contribution in [0.15, 0.2) is 0 Å². The van der Waals surface area contributed by atoms with Crippen molar-refractivity contribution in [2.75, 3.05) is 0 Å². The first-order valence-electron chi connectivity index (χ1n) is 9.38. The average Bonchev–Trinajstić information content (AvgIpc) is 2.48. The molecular formula is C19H34F2. The van der Waals surface area contributed by atoms with Crippen LogP contribution in [0.1, 0.15) is 84.5 Å². The van der Waals surface area contributed by atoms with Gasteiger partial charge in [-0.3, -0.25) is 0 Å². The van der Waals surface area contributed by atoms with Crippen molar-refractivity contribution in [2.45, 2.75) is 96.8 Å². The molecule has 2 aliphatic rings. The van der Waals surface area contributed by atoms with E-state index in [4.69, 9.17) is 0 Å². The molecule has 2 fully saturated rings. The van der Waals surface area contributed by atoms with Crippen LogP contribution in [0.2, 0.25) is 0 Å². The zero-order valence-corrected chi connectivity index (χ0v) is 14.0. The monoisotopic (exact) mass is 300 g/mol. The molecule has 0 nitrogen and oxygen atoms in total. The Labute approximate surface area is 130 Å². The molecule has 0 amide bonds. The van der Waals surface area contributed by atoms with Gasteiger partial charge in [0.25, 0.3) is 0 Å². The van der Waals surface area contributed by atoms with Gasteiger partial charge in [-0.1, -0.05) is 32.6 Å². The van der Waals surface area contributed by atoms with Crippen molar-refractivity contribution in [3.8, 4) is 0 Å². The van der Waals surface area contributed by atoms with Crippen LogP contribution in [0.4, 0.5) is 8.78 Å². The van der Waals surface area contributed by atoms with E-state index in [0.29, 0.717) is 0 Å². The summed E-state index contributed by atoms with van der Waals surface area (Å²) >= 11 is 0. The molecule has 0 aromatic rings. The first-order valence-corrected chi connectivity index (χ1v) is 9.38. The van der Waals surface area contributed by atoms with E-state index < -0.39 is 12.3 Å². The van der Waals surface area contributed by atoms with E-state index in [2.05, 4.69) is 6.92 Å². The lowest BCUT2D eigenvalue weighted by molar-refractivity contribution is 0.0919. The Bertz CT molecular complexity index is 273. The summed E-state index contributed by atoms with van der Waals surface area (Å²) in [7, 11) is 0. The highest BCUT2D eigenvalue weighted by Gasteiger charge is 2.33. The lowest BCUT2D eigenvalue weighted by Gasteiger charge is -2.38. The molecule has 0 aliphatic heterocycles. The van der Waals surface area contributed by atoms with Crippen LogP contribution < -0.4 is 0 Å². The summed E-state index contributed by atoms with van der Waals surface area (Å²) in [5.74, 6) is 2.84. The first-order chi connectivity index (χ1) is 10.1. The largest absolute Gasteiger partial charge is 0.248 e. The summed E-state index contributed by atoms with van der Waals surface area (Å²) in [6.45, 7) is 3.77. The van der Waals surface area contributed by atoms with Crippen molar-refractivity contribution in [3.63, 3.8) is 0 Å². The van der Waals surface area contributed by atoms with Gasteiger partial charge in [0.2, 0.25) is 0 Å². The zero-order chi connectivity index (χ0) is 15.2. The molecule has 21 heavy (non-hydrogen) atoms. The zero-order valence-electron chi connectivity index (χ0n) is 14.0. The summed E-state index contributed by atoms with van der Waals surface area (Å²) in [6, 6.07) is 0. The molecule has 0 spiro atoms. The third-order valence-electron chi connectivity index (χ3n) is 6.13. The molecule has 2 atom stereocenters. The maximum absolute atomic E-state index is 14.0. The molecule has 2 unspecified atom stereocenters. The van der Waals surface area contributed by atoms with Gasteiger partial charge >= 0.3 is 0 Å². The van der Waals surface area contributed by atoms with E-state index in [1.54, 1.807) is 0 Å². The molecular weight excluding hydrogens is 266 g/mol. The van der Waals surface area contributed by atoms with Crippen molar-refractivity contribution in [2.24, 2.45) is 23.7 Å². The van der Waals surface area contributed by atoms with E-state index in [1.165, 1.54) is 58.3 Å². The highest BCUT2D eigenvalue weighted by Crippen LogP contribution is 2.43. The number of alkyl halides is 2. The van der Waals surface area contributed by atoms with E-state index in [1.807, 2.05) is 0 Å². The second-order valence-electron chi connectivity index (χ2n) is 7.78. The van der Waals surface area contributed by atoms with E-state index in [-0.39, 0.29) is 12.3 Å². The average molecular weight is 300 g/mol. The number of hydrogen-bond acceptors (Lipinski definition) is 0. The maximum atomic E-state index is 14.0. The summed E-state index contributed by atoms with van der Waals surface area (Å²) in [4.78, 5) is 0. The van der Waals surface area contributed by atoms with Gasteiger partial charge in [-0.15, -0.1) is 0 Å². The van der Waals surface area contributed by atoms with Crippen LogP contribution in [0, 0.1) is 23.7 Å². The third-order valence-corrected chi connectivity index (χ3v) is 6.13. The Kier molecular flexibility index (Phi) is 6.95. The van der Waals surface area contributed by atoms with E-state index in [9.17, 15) is 8.78 Å². The van der Waals surface area contributed by atoms with Gasteiger partial charge < -0.3 is 0 Å². The van der Waals surface area contributed by atoms with Gasteiger partial charge in [-0.05, 0) is 69.1 Å². The van der Waals surface area contributed by atoms with Gasteiger partial charge in [-0.2, -0.15) is 0 Å². The Balaban J connectivity index is 1.69. The predicted molar refractivity (Wildman–Crippen MR) is 85.9 cm³/mol. The third kappa shape index (κ3) is 5.21. The fraction of sp³-hybridized carbons (Fsp3) is 1.00. The molecule has 0 aromatic heterocycles. The molecule has 2 heteroatoms. The van der Waals surface area contributed by atoms with Crippen molar-refractivity contribution in [3.05, 3.63) is 0 Å². The van der Waals surface area contributed by atoms with Crippen LogP contribution >= 0.6 is 0 Å². The van der Waals surface area contributed by atoms with Crippen molar-refractivity contribution < 1.29 is 8.78 Å². The van der Waals surface area contributed by atoms with Crippen molar-refractivity contribution in [1.29, 1.82) is 0 Å². The fourth-order valence-electron chi connectivity index (χ4n) is 4.84. The molecule has 0 saturated heterocycles. The van der Waals surface area contributed by atoms with Crippen LogP contribution in [0.5, 0.6) is 0 Å². The SMILES string of the molecule is CCCC1CCC(C2CCC(C(F)CC(C)F)CC2)CC1. The summed E-state index contributed by atoms with van der Waals surface area (Å²) in [5.41, 5.74) is 0. The van der Waals surface area contributed by atoms with Gasteiger partial charge in [0.1, 0.15) is 12.3 Å². The minimum Gasteiger partial charge on any atom is -0.248 e. The molecule has 0 aromatic carbocycles. The number of rotatable bonds is 6. The van der Waals surface area contributed by atoms with E-state index in [0.717, 1.165) is 30.6 Å². The Morgan fingerprint density at radius 2 is 1.38 bits per heavy atom. The Morgan fingerprint density at radius 1 is 0.857 bits per heavy atom. The first kappa shape index (κ1) is 17.2. The lowest BCUT2D eigenvalue weighted by Crippen LogP contribution is -2.29. The smallest absolute Gasteiger partial charge is 0.106 e. The minimum atomic E-state index is -0.994. The van der Waals surface area contributed by atoms with E-state index >= 15 is 0 Å². The Hall–Kier alpha value is -0.140. The summed E-state index contributed by atoms with van der Waals surface area (Å²) < 4.78 is 26.9. The lowest BCUT2D eigenvalue weighted by atomic mass is 9.68. The van der Waals surface area contributed by atoms with Crippen LogP contribution in [-0.2, 0) is 0 Å².